The van der Waals surface area contributed by atoms with Crippen molar-refractivity contribution in [3.05, 3.63) is 83.1 Å². The van der Waals surface area contributed by atoms with Gasteiger partial charge in [-0.05, 0) is 36.4 Å². The predicted octanol–water partition coefficient (Wildman–Crippen LogP) is 5.51. The van der Waals surface area contributed by atoms with Crippen LogP contribution in [0, 0.1) is 0 Å². The van der Waals surface area contributed by atoms with Crippen molar-refractivity contribution < 1.29 is 19.1 Å². The minimum atomic E-state index is -0.755. The summed E-state index contributed by atoms with van der Waals surface area (Å²) in [5, 5.41) is 9.63. The standard InChI is InChI=1S/C31H33ClN4O4/c1-31(2,3)28-20-26(36(34-28)22-8-6-7-21(32)19-22)29(37)30(38)33-25-11-12-27(24-10-5-4-9-23(24)25)40-18-15-35-13-16-39-17-14-35/h4-12,19-20H,13-18H2,1-3H3,(H,33,38). The van der Waals surface area contributed by atoms with Gasteiger partial charge in [0.15, 0.2) is 0 Å². The molecule has 8 nitrogen and oxygen atoms in total. The maximum Gasteiger partial charge on any atom is 0.298 e. The molecular formula is C31H33ClN4O4. The molecule has 0 spiro atoms. The fourth-order valence-electron chi connectivity index (χ4n) is 4.63. The summed E-state index contributed by atoms with van der Waals surface area (Å²) in [6, 6.07) is 20.0. The summed E-state index contributed by atoms with van der Waals surface area (Å²) in [6.45, 7) is 10.6. The normalized spacial score (nSPS) is 14.3. The van der Waals surface area contributed by atoms with E-state index in [-0.39, 0.29) is 11.1 Å². The number of carbonyl (C=O) groups excluding carboxylic acids is 2. The molecule has 208 valence electrons. The second-order valence-electron chi connectivity index (χ2n) is 10.8. The maximum atomic E-state index is 13.5. The number of hydrogen-bond donors (Lipinski definition) is 1. The van der Waals surface area contributed by atoms with Gasteiger partial charge in [-0.2, -0.15) is 5.10 Å². The number of hydrogen-bond acceptors (Lipinski definition) is 6. The molecule has 0 saturated carbocycles. The molecule has 9 heteroatoms. The molecule has 1 aliphatic rings. The lowest BCUT2D eigenvalue weighted by Gasteiger charge is -2.26. The molecule has 4 aromatic rings. The molecule has 0 aliphatic carbocycles. The summed E-state index contributed by atoms with van der Waals surface area (Å²) < 4.78 is 13.0. The van der Waals surface area contributed by atoms with Crippen molar-refractivity contribution in [3.8, 4) is 11.4 Å². The molecule has 1 aromatic heterocycles. The number of anilines is 1. The molecule has 1 amide bonds. The van der Waals surface area contributed by atoms with Crippen LogP contribution in [0.2, 0.25) is 5.02 Å². The number of carbonyl (C=O) groups is 2. The molecule has 1 aliphatic heterocycles. The van der Waals surface area contributed by atoms with Crippen LogP contribution in [-0.2, 0) is 14.9 Å². The van der Waals surface area contributed by atoms with Crippen molar-refractivity contribution in [2.24, 2.45) is 0 Å². The van der Waals surface area contributed by atoms with E-state index < -0.39 is 11.7 Å². The number of rotatable bonds is 8. The lowest BCUT2D eigenvalue weighted by molar-refractivity contribution is -0.112. The molecule has 2 heterocycles. The third-order valence-electron chi connectivity index (χ3n) is 6.87. The van der Waals surface area contributed by atoms with E-state index in [0.717, 1.165) is 49.4 Å². The smallest absolute Gasteiger partial charge is 0.298 e. The topological polar surface area (TPSA) is 85.7 Å². The van der Waals surface area contributed by atoms with Crippen LogP contribution in [0.5, 0.6) is 5.75 Å². The van der Waals surface area contributed by atoms with E-state index >= 15 is 0 Å². The molecule has 0 radical (unpaired) electrons. The maximum absolute atomic E-state index is 13.5. The molecule has 1 saturated heterocycles. The van der Waals surface area contributed by atoms with E-state index in [2.05, 4.69) is 15.3 Å². The van der Waals surface area contributed by atoms with Crippen molar-refractivity contribution in [2.45, 2.75) is 26.2 Å². The summed E-state index contributed by atoms with van der Waals surface area (Å²) >= 11 is 6.21. The van der Waals surface area contributed by atoms with Crippen molar-refractivity contribution in [3.63, 3.8) is 0 Å². The number of fused-ring (bicyclic) bond motifs is 1. The lowest BCUT2D eigenvalue weighted by Crippen LogP contribution is -2.38. The average molecular weight is 561 g/mol. The molecule has 0 atom stereocenters. The Bertz CT molecular complexity index is 1540. The highest BCUT2D eigenvalue weighted by molar-refractivity contribution is 6.46. The van der Waals surface area contributed by atoms with E-state index in [4.69, 9.17) is 21.1 Å². The van der Waals surface area contributed by atoms with Crippen LogP contribution in [0.15, 0.2) is 66.7 Å². The van der Waals surface area contributed by atoms with Gasteiger partial charge in [-0.15, -0.1) is 0 Å². The van der Waals surface area contributed by atoms with E-state index in [1.807, 2.05) is 51.1 Å². The average Bonchev–Trinajstić information content (AvgIpc) is 3.41. The van der Waals surface area contributed by atoms with E-state index in [1.165, 1.54) is 4.68 Å². The van der Waals surface area contributed by atoms with Crippen molar-refractivity contribution in [1.29, 1.82) is 0 Å². The second kappa shape index (κ2) is 11.8. The number of ketones is 1. The number of morpholine rings is 1. The van der Waals surface area contributed by atoms with Gasteiger partial charge in [0.1, 0.15) is 18.1 Å². The van der Waals surface area contributed by atoms with Crippen LogP contribution in [0.3, 0.4) is 0 Å². The number of nitrogens with zero attached hydrogens (tertiary/aromatic N) is 3. The van der Waals surface area contributed by atoms with Gasteiger partial charge in [0.25, 0.3) is 11.7 Å². The first kappa shape index (κ1) is 27.8. The second-order valence-corrected chi connectivity index (χ2v) is 11.2. The molecule has 40 heavy (non-hydrogen) atoms. The molecule has 1 N–H and O–H groups in total. The Morgan fingerprint density at radius 1 is 1.00 bits per heavy atom. The zero-order valence-electron chi connectivity index (χ0n) is 22.9. The Morgan fingerprint density at radius 3 is 2.48 bits per heavy atom. The Morgan fingerprint density at radius 2 is 1.75 bits per heavy atom. The first-order chi connectivity index (χ1) is 19.2. The zero-order valence-corrected chi connectivity index (χ0v) is 23.7. The minimum Gasteiger partial charge on any atom is -0.492 e. The third kappa shape index (κ3) is 6.20. The van der Waals surface area contributed by atoms with Gasteiger partial charge in [-0.25, -0.2) is 4.68 Å². The zero-order chi connectivity index (χ0) is 28.3. The summed E-state index contributed by atoms with van der Waals surface area (Å²) in [5.41, 5.74) is 1.65. The van der Waals surface area contributed by atoms with Crippen LogP contribution in [0.4, 0.5) is 5.69 Å². The Hall–Kier alpha value is -3.72. The van der Waals surface area contributed by atoms with Crippen LogP contribution in [-0.4, -0.2) is 65.8 Å². The molecule has 0 bridgehead atoms. The van der Waals surface area contributed by atoms with E-state index in [1.54, 1.807) is 36.4 Å². The number of nitrogens with one attached hydrogen (secondary N) is 1. The minimum absolute atomic E-state index is 0.164. The van der Waals surface area contributed by atoms with Gasteiger partial charge in [0.2, 0.25) is 0 Å². The monoisotopic (exact) mass is 560 g/mol. The van der Waals surface area contributed by atoms with Gasteiger partial charge in [0.05, 0.1) is 24.6 Å². The van der Waals surface area contributed by atoms with Crippen LogP contribution >= 0.6 is 11.6 Å². The summed E-state index contributed by atoms with van der Waals surface area (Å²) in [5.74, 6) is -0.727. The molecule has 0 unspecified atom stereocenters. The summed E-state index contributed by atoms with van der Waals surface area (Å²) in [7, 11) is 0. The molecule has 5 rings (SSSR count). The summed E-state index contributed by atoms with van der Waals surface area (Å²) in [4.78, 5) is 29.2. The predicted molar refractivity (Wildman–Crippen MR) is 157 cm³/mol. The number of amides is 1. The van der Waals surface area contributed by atoms with Gasteiger partial charge in [0, 0.05) is 46.5 Å². The highest BCUT2D eigenvalue weighted by Gasteiger charge is 2.27. The van der Waals surface area contributed by atoms with E-state index in [9.17, 15) is 9.59 Å². The van der Waals surface area contributed by atoms with Crippen LogP contribution < -0.4 is 10.1 Å². The van der Waals surface area contributed by atoms with Gasteiger partial charge >= 0.3 is 0 Å². The number of ether oxygens (including phenoxy) is 2. The SMILES string of the molecule is CC(C)(C)c1cc(C(=O)C(=O)Nc2ccc(OCCN3CCOCC3)c3ccccc23)n(-c2cccc(Cl)c2)n1. The molecular weight excluding hydrogens is 528 g/mol. The summed E-state index contributed by atoms with van der Waals surface area (Å²) in [6.07, 6.45) is 0. The Kier molecular flexibility index (Phi) is 8.21. The van der Waals surface area contributed by atoms with Crippen molar-refractivity contribution in [2.75, 3.05) is 44.8 Å². The van der Waals surface area contributed by atoms with Gasteiger partial charge in [-0.1, -0.05) is 62.7 Å². The molecule has 1 fully saturated rings. The Balaban J connectivity index is 1.38. The highest BCUT2D eigenvalue weighted by Crippen LogP contribution is 2.32. The quantitative estimate of drug-likeness (QED) is 0.226. The first-order valence-corrected chi connectivity index (χ1v) is 13.8. The largest absolute Gasteiger partial charge is 0.492 e. The fourth-order valence-corrected chi connectivity index (χ4v) is 4.81. The number of Topliss-reactive ketones (excluding diaryl/α,β-unsaturated/α-hetero) is 1. The highest BCUT2D eigenvalue weighted by atomic mass is 35.5. The first-order valence-electron chi connectivity index (χ1n) is 13.4. The van der Waals surface area contributed by atoms with Crippen LogP contribution in [0.25, 0.3) is 16.5 Å². The van der Waals surface area contributed by atoms with Gasteiger partial charge < -0.3 is 14.8 Å². The molecule has 3 aromatic carbocycles. The van der Waals surface area contributed by atoms with E-state index in [0.29, 0.717) is 28.7 Å². The third-order valence-corrected chi connectivity index (χ3v) is 7.11. The lowest BCUT2D eigenvalue weighted by atomic mass is 9.92. The fraction of sp³-hybridized carbons (Fsp3) is 0.323. The number of halogens is 1. The van der Waals surface area contributed by atoms with Gasteiger partial charge in [-0.3, -0.25) is 14.5 Å². The van der Waals surface area contributed by atoms with Crippen molar-refractivity contribution in [1.82, 2.24) is 14.7 Å². The Labute approximate surface area is 238 Å². The number of aromatic nitrogens is 2. The van der Waals surface area contributed by atoms with Crippen molar-refractivity contribution >= 4 is 39.8 Å². The van der Waals surface area contributed by atoms with Crippen LogP contribution in [0.1, 0.15) is 37.0 Å². The number of benzene rings is 3.